The van der Waals surface area contributed by atoms with Gasteiger partial charge in [-0.15, -0.1) is 0 Å². The molecule has 1 saturated carbocycles. The van der Waals surface area contributed by atoms with Crippen LogP contribution < -0.4 is 4.74 Å². The smallest absolute Gasteiger partial charge is 0.349 e. The fourth-order valence-corrected chi connectivity index (χ4v) is 3.32. The molecular weight excluding hydrogens is 344 g/mol. The van der Waals surface area contributed by atoms with Crippen LogP contribution in [0.15, 0.2) is 29.8 Å². The Morgan fingerprint density at radius 2 is 1.89 bits per heavy atom. The largest absolute Gasteiger partial charge is 0.497 e. The predicted octanol–water partition coefficient (Wildman–Crippen LogP) is 3.33. The first-order valence-corrected chi connectivity index (χ1v) is 9.31. The molecule has 0 N–H and O–H groups in total. The molecule has 0 atom stereocenters. The van der Waals surface area contributed by atoms with E-state index in [4.69, 9.17) is 9.47 Å². The van der Waals surface area contributed by atoms with Crippen LogP contribution >= 0.6 is 0 Å². The quantitative estimate of drug-likeness (QED) is 0.418. The second-order valence-electron chi connectivity index (χ2n) is 6.49. The number of nitriles is 1. The summed E-state index contributed by atoms with van der Waals surface area (Å²) in [5.41, 5.74) is 0.529. The zero-order chi connectivity index (χ0) is 19.6. The van der Waals surface area contributed by atoms with E-state index in [0.29, 0.717) is 17.9 Å². The maximum Gasteiger partial charge on any atom is 0.349 e. The highest BCUT2D eigenvalue weighted by atomic mass is 16.5. The molecule has 0 aliphatic heterocycles. The van der Waals surface area contributed by atoms with Crippen LogP contribution in [0.2, 0.25) is 0 Å². The van der Waals surface area contributed by atoms with Gasteiger partial charge in [0.2, 0.25) is 0 Å². The van der Waals surface area contributed by atoms with Crippen molar-refractivity contribution in [3.63, 3.8) is 0 Å². The number of nitrogens with zero attached hydrogens (tertiary/aromatic N) is 2. The average molecular weight is 370 g/mol. The maximum atomic E-state index is 12.5. The molecule has 0 bridgehead atoms. The Morgan fingerprint density at radius 1 is 1.22 bits per heavy atom. The number of carbonyl (C=O) groups is 2. The minimum absolute atomic E-state index is 0.145. The number of esters is 1. The number of methoxy groups -OCH3 is 1. The number of hydrogen-bond acceptors (Lipinski definition) is 5. The molecule has 1 fully saturated rings. The Kier molecular flexibility index (Phi) is 7.87. The van der Waals surface area contributed by atoms with Crippen LogP contribution in [0.25, 0.3) is 6.08 Å². The van der Waals surface area contributed by atoms with Crippen LogP contribution in [0.3, 0.4) is 0 Å². The lowest BCUT2D eigenvalue weighted by Crippen LogP contribution is -2.43. The molecule has 144 valence electrons. The van der Waals surface area contributed by atoms with Crippen molar-refractivity contribution in [2.24, 2.45) is 0 Å². The molecule has 0 radical (unpaired) electrons. The summed E-state index contributed by atoms with van der Waals surface area (Å²) in [6.07, 6.45) is 6.88. The van der Waals surface area contributed by atoms with Crippen molar-refractivity contribution in [2.45, 2.75) is 45.1 Å². The van der Waals surface area contributed by atoms with Gasteiger partial charge >= 0.3 is 5.97 Å². The molecule has 1 aliphatic rings. The number of amides is 1. The van der Waals surface area contributed by atoms with E-state index in [1.165, 1.54) is 12.5 Å². The van der Waals surface area contributed by atoms with Gasteiger partial charge in [0, 0.05) is 12.6 Å². The molecule has 0 saturated heterocycles. The SMILES string of the molecule is CCN(C(=O)COC(=O)/C(C#N)=C\c1ccc(OC)cc1)C1CCCCC1. The van der Waals surface area contributed by atoms with Gasteiger partial charge in [-0.3, -0.25) is 4.79 Å². The highest BCUT2D eigenvalue weighted by molar-refractivity contribution is 5.98. The zero-order valence-electron chi connectivity index (χ0n) is 15.9. The number of hydrogen-bond donors (Lipinski definition) is 0. The summed E-state index contributed by atoms with van der Waals surface area (Å²) >= 11 is 0. The zero-order valence-corrected chi connectivity index (χ0v) is 15.9. The predicted molar refractivity (Wildman–Crippen MR) is 102 cm³/mol. The van der Waals surface area contributed by atoms with Gasteiger partial charge < -0.3 is 14.4 Å². The van der Waals surface area contributed by atoms with Crippen molar-refractivity contribution < 1.29 is 19.1 Å². The number of ether oxygens (including phenoxy) is 2. The molecule has 6 nitrogen and oxygen atoms in total. The van der Waals surface area contributed by atoms with E-state index in [1.807, 2.05) is 13.0 Å². The van der Waals surface area contributed by atoms with Crippen molar-refractivity contribution in [3.05, 3.63) is 35.4 Å². The molecule has 0 heterocycles. The highest BCUT2D eigenvalue weighted by Gasteiger charge is 2.25. The molecule has 1 aromatic carbocycles. The van der Waals surface area contributed by atoms with Crippen molar-refractivity contribution in [3.8, 4) is 11.8 Å². The van der Waals surface area contributed by atoms with E-state index >= 15 is 0 Å². The summed E-state index contributed by atoms with van der Waals surface area (Å²) in [5, 5.41) is 9.24. The summed E-state index contributed by atoms with van der Waals surface area (Å²) in [6.45, 7) is 2.18. The summed E-state index contributed by atoms with van der Waals surface area (Å²) in [5.74, 6) is -0.318. The summed E-state index contributed by atoms with van der Waals surface area (Å²) in [6, 6.07) is 9.00. The Morgan fingerprint density at radius 3 is 2.44 bits per heavy atom. The van der Waals surface area contributed by atoms with Gasteiger partial charge in [0.1, 0.15) is 17.4 Å². The third-order valence-corrected chi connectivity index (χ3v) is 4.77. The first-order chi connectivity index (χ1) is 13.1. The number of rotatable bonds is 7. The molecule has 1 aliphatic carbocycles. The molecular formula is C21H26N2O4. The fourth-order valence-electron chi connectivity index (χ4n) is 3.32. The third kappa shape index (κ3) is 5.85. The van der Waals surface area contributed by atoms with Gasteiger partial charge in [0.25, 0.3) is 5.91 Å². The Bertz CT molecular complexity index is 713. The second kappa shape index (κ2) is 10.4. The standard InChI is InChI=1S/C21H26N2O4/c1-3-23(18-7-5-4-6-8-18)20(24)15-27-21(25)17(14-22)13-16-9-11-19(26-2)12-10-16/h9-13,18H,3-8,15H2,1-2H3/b17-13-. The second-order valence-corrected chi connectivity index (χ2v) is 6.49. The first kappa shape index (κ1) is 20.5. The van der Waals surface area contributed by atoms with E-state index in [9.17, 15) is 14.9 Å². The minimum Gasteiger partial charge on any atom is -0.497 e. The van der Waals surface area contributed by atoms with Crippen molar-refractivity contribution >= 4 is 18.0 Å². The maximum absolute atomic E-state index is 12.5. The highest BCUT2D eigenvalue weighted by Crippen LogP contribution is 2.22. The van der Waals surface area contributed by atoms with Crippen LogP contribution in [0.1, 0.15) is 44.6 Å². The Labute approximate surface area is 160 Å². The summed E-state index contributed by atoms with van der Waals surface area (Å²) in [4.78, 5) is 26.4. The number of carbonyl (C=O) groups excluding carboxylic acids is 2. The number of benzene rings is 1. The van der Waals surface area contributed by atoms with E-state index in [2.05, 4.69) is 0 Å². The molecule has 0 aromatic heterocycles. The molecule has 0 spiro atoms. The van der Waals surface area contributed by atoms with Crippen LogP contribution in [0.4, 0.5) is 0 Å². The third-order valence-electron chi connectivity index (χ3n) is 4.77. The van der Waals surface area contributed by atoms with E-state index in [0.717, 1.165) is 25.7 Å². The molecule has 1 aromatic rings. The lowest BCUT2D eigenvalue weighted by molar-refractivity contribution is -0.150. The van der Waals surface area contributed by atoms with Gasteiger partial charge in [-0.25, -0.2) is 4.79 Å². The lowest BCUT2D eigenvalue weighted by Gasteiger charge is -2.33. The van der Waals surface area contributed by atoms with Crippen LogP contribution in [0, 0.1) is 11.3 Å². The van der Waals surface area contributed by atoms with Crippen molar-refractivity contribution in [2.75, 3.05) is 20.3 Å². The van der Waals surface area contributed by atoms with Crippen molar-refractivity contribution in [1.29, 1.82) is 5.26 Å². The van der Waals surface area contributed by atoms with Crippen LogP contribution in [-0.4, -0.2) is 43.1 Å². The van der Waals surface area contributed by atoms with E-state index in [1.54, 1.807) is 36.3 Å². The van der Waals surface area contributed by atoms with Crippen LogP contribution in [0.5, 0.6) is 5.75 Å². The van der Waals surface area contributed by atoms with Gasteiger partial charge in [0.05, 0.1) is 7.11 Å². The Balaban J connectivity index is 1.96. The van der Waals surface area contributed by atoms with Crippen LogP contribution in [-0.2, 0) is 14.3 Å². The molecule has 27 heavy (non-hydrogen) atoms. The summed E-state index contributed by atoms with van der Waals surface area (Å²) < 4.78 is 10.2. The molecule has 0 unspecified atom stereocenters. The summed E-state index contributed by atoms with van der Waals surface area (Å²) in [7, 11) is 1.56. The van der Waals surface area contributed by atoms with Gasteiger partial charge in [-0.1, -0.05) is 31.4 Å². The average Bonchev–Trinajstić information content (AvgIpc) is 2.72. The topological polar surface area (TPSA) is 79.6 Å². The first-order valence-electron chi connectivity index (χ1n) is 9.31. The van der Waals surface area contributed by atoms with E-state index in [-0.39, 0.29) is 24.1 Å². The number of likely N-dealkylation sites (N-methyl/N-ethyl adjacent to an activating group) is 1. The van der Waals surface area contributed by atoms with Gasteiger partial charge in [0.15, 0.2) is 6.61 Å². The minimum atomic E-state index is -0.790. The molecule has 6 heteroatoms. The normalized spacial score (nSPS) is 14.9. The molecule has 1 amide bonds. The van der Waals surface area contributed by atoms with Crippen molar-refractivity contribution in [1.82, 2.24) is 4.90 Å². The lowest BCUT2D eigenvalue weighted by atomic mass is 9.94. The Hall–Kier alpha value is -2.81. The van der Waals surface area contributed by atoms with Gasteiger partial charge in [-0.05, 0) is 43.5 Å². The van der Waals surface area contributed by atoms with E-state index < -0.39 is 5.97 Å². The fraction of sp³-hybridized carbons (Fsp3) is 0.476. The molecule has 2 rings (SSSR count). The monoisotopic (exact) mass is 370 g/mol. The van der Waals surface area contributed by atoms with Gasteiger partial charge in [-0.2, -0.15) is 5.26 Å².